The molecule has 0 aliphatic heterocycles. The van der Waals surface area contributed by atoms with Crippen molar-refractivity contribution in [2.45, 2.75) is 19.4 Å². The zero-order chi connectivity index (χ0) is 12.0. The number of halogens is 1. The van der Waals surface area contributed by atoms with Gasteiger partial charge in [0.25, 0.3) is 0 Å². The van der Waals surface area contributed by atoms with Crippen LogP contribution in [0.2, 0.25) is 5.28 Å². The van der Waals surface area contributed by atoms with Crippen molar-refractivity contribution in [3.63, 3.8) is 0 Å². The molecule has 0 spiro atoms. The Labute approximate surface area is 99.4 Å². The summed E-state index contributed by atoms with van der Waals surface area (Å²) in [5.41, 5.74) is 0. The molecule has 1 rings (SSSR count). The van der Waals surface area contributed by atoms with Gasteiger partial charge < -0.3 is 14.8 Å². The smallest absolute Gasteiger partial charge is 0.322 e. The van der Waals surface area contributed by atoms with Gasteiger partial charge in [0, 0.05) is 19.8 Å². The number of nitrogens with zero attached hydrogens (tertiary/aromatic N) is 3. The first-order valence-corrected chi connectivity index (χ1v) is 5.24. The molecule has 1 aromatic rings. The molecule has 0 bridgehead atoms. The van der Waals surface area contributed by atoms with Gasteiger partial charge in [-0.3, -0.25) is 0 Å². The Morgan fingerprint density at radius 2 is 2.06 bits per heavy atom. The minimum Gasteiger partial charge on any atom is -0.467 e. The van der Waals surface area contributed by atoms with E-state index in [9.17, 15) is 0 Å². The molecule has 0 saturated heterocycles. The van der Waals surface area contributed by atoms with Crippen molar-refractivity contribution in [2.75, 3.05) is 26.1 Å². The van der Waals surface area contributed by atoms with Crippen LogP contribution in [0, 0.1) is 0 Å². The average Bonchev–Trinajstić information content (AvgIpc) is 2.25. The number of rotatable bonds is 6. The van der Waals surface area contributed by atoms with Crippen molar-refractivity contribution in [1.29, 1.82) is 0 Å². The van der Waals surface area contributed by atoms with Crippen molar-refractivity contribution < 1.29 is 9.47 Å². The second-order valence-corrected chi connectivity index (χ2v) is 3.58. The van der Waals surface area contributed by atoms with Crippen LogP contribution in [0.5, 0.6) is 6.01 Å². The molecule has 0 aliphatic rings. The Bertz CT molecular complexity index is 337. The predicted octanol–water partition coefficient (Wildman–Crippen LogP) is 1.37. The third-order valence-corrected chi connectivity index (χ3v) is 2.07. The summed E-state index contributed by atoms with van der Waals surface area (Å²) in [5.74, 6) is 0.403. The highest BCUT2D eigenvalue weighted by Crippen LogP contribution is 2.12. The number of hydrogen-bond donors (Lipinski definition) is 1. The Kier molecular flexibility index (Phi) is 5.21. The van der Waals surface area contributed by atoms with Crippen LogP contribution in [0.3, 0.4) is 0 Å². The molecule has 1 N–H and O–H groups in total. The van der Waals surface area contributed by atoms with E-state index in [1.807, 2.05) is 6.92 Å². The van der Waals surface area contributed by atoms with Gasteiger partial charge >= 0.3 is 6.01 Å². The van der Waals surface area contributed by atoms with E-state index in [0.717, 1.165) is 6.42 Å². The Hall–Kier alpha value is -1.14. The molecule has 1 atom stereocenters. The van der Waals surface area contributed by atoms with Crippen molar-refractivity contribution >= 4 is 17.5 Å². The van der Waals surface area contributed by atoms with Gasteiger partial charge in [0.05, 0.1) is 7.11 Å². The zero-order valence-electron chi connectivity index (χ0n) is 9.53. The number of methoxy groups -OCH3 is 2. The summed E-state index contributed by atoms with van der Waals surface area (Å²) in [4.78, 5) is 11.7. The van der Waals surface area contributed by atoms with Crippen LogP contribution in [0.15, 0.2) is 0 Å². The third kappa shape index (κ3) is 4.16. The molecule has 0 saturated carbocycles. The summed E-state index contributed by atoms with van der Waals surface area (Å²) in [5, 5.41) is 3.19. The lowest BCUT2D eigenvalue weighted by Gasteiger charge is -2.13. The van der Waals surface area contributed by atoms with E-state index in [2.05, 4.69) is 20.3 Å². The first kappa shape index (κ1) is 12.9. The molecule has 0 radical (unpaired) electrons. The maximum Gasteiger partial charge on any atom is 0.322 e. The largest absolute Gasteiger partial charge is 0.467 e. The summed E-state index contributed by atoms with van der Waals surface area (Å²) < 4.78 is 9.86. The molecule has 6 nitrogen and oxygen atoms in total. The first-order valence-electron chi connectivity index (χ1n) is 4.86. The van der Waals surface area contributed by atoms with Gasteiger partial charge in [-0.1, -0.05) is 0 Å². The number of anilines is 1. The highest BCUT2D eigenvalue weighted by molar-refractivity contribution is 6.28. The monoisotopic (exact) mass is 246 g/mol. The molecular formula is C9H15ClN4O2. The molecule has 7 heteroatoms. The van der Waals surface area contributed by atoms with E-state index in [1.165, 1.54) is 7.11 Å². The fourth-order valence-electron chi connectivity index (χ4n) is 1.07. The highest BCUT2D eigenvalue weighted by Gasteiger charge is 2.08. The second kappa shape index (κ2) is 6.44. The van der Waals surface area contributed by atoms with Crippen LogP contribution in [-0.2, 0) is 4.74 Å². The van der Waals surface area contributed by atoms with E-state index in [0.29, 0.717) is 12.6 Å². The molecule has 0 aliphatic carbocycles. The van der Waals surface area contributed by atoms with Gasteiger partial charge in [-0.25, -0.2) is 0 Å². The van der Waals surface area contributed by atoms with Crippen molar-refractivity contribution in [2.24, 2.45) is 0 Å². The standard InChI is InChI=1S/C9H15ClN4O2/c1-6(4-5-15-2)11-8-12-7(10)13-9(14-8)16-3/h6H,4-5H2,1-3H3,(H,11,12,13,14). The predicted molar refractivity (Wildman–Crippen MR) is 61.0 cm³/mol. The topological polar surface area (TPSA) is 69.2 Å². The Morgan fingerprint density at radius 3 is 2.69 bits per heavy atom. The van der Waals surface area contributed by atoms with E-state index >= 15 is 0 Å². The van der Waals surface area contributed by atoms with E-state index < -0.39 is 0 Å². The van der Waals surface area contributed by atoms with E-state index in [4.69, 9.17) is 21.1 Å². The second-order valence-electron chi connectivity index (χ2n) is 3.24. The Balaban J connectivity index is 2.61. The lowest BCUT2D eigenvalue weighted by Crippen LogP contribution is -2.19. The Morgan fingerprint density at radius 1 is 1.31 bits per heavy atom. The van der Waals surface area contributed by atoms with Gasteiger partial charge in [0.15, 0.2) is 0 Å². The summed E-state index contributed by atoms with van der Waals surface area (Å²) in [6.07, 6.45) is 0.849. The van der Waals surface area contributed by atoms with Crippen LogP contribution in [-0.4, -0.2) is 41.8 Å². The molecule has 16 heavy (non-hydrogen) atoms. The minimum absolute atomic E-state index is 0.105. The number of aromatic nitrogens is 3. The summed E-state index contributed by atoms with van der Waals surface area (Å²) in [6.45, 7) is 2.67. The average molecular weight is 247 g/mol. The van der Waals surface area contributed by atoms with Crippen LogP contribution in [0.1, 0.15) is 13.3 Å². The number of ether oxygens (including phenoxy) is 2. The van der Waals surface area contributed by atoms with E-state index in [-0.39, 0.29) is 17.3 Å². The quantitative estimate of drug-likeness (QED) is 0.818. The van der Waals surface area contributed by atoms with Crippen LogP contribution >= 0.6 is 11.6 Å². The van der Waals surface area contributed by atoms with Gasteiger partial charge in [-0.05, 0) is 24.9 Å². The number of nitrogens with one attached hydrogen (secondary N) is 1. The summed E-state index contributed by atoms with van der Waals surface area (Å²) >= 11 is 5.71. The lowest BCUT2D eigenvalue weighted by atomic mass is 10.2. The molecule has 90 valence electrons. The molecule has 1 unspecified atom stereocenters. The molecular weight excluding hydrogens is 232 g/mol. The van der Waals surface area contributed by atoms with Crippen molar-refractivity contribution in [3.8, 4) is 6.01 Å². The van der Waals surface area contributed by atoms with Gasteiger partial charge in [-0.15, -0.1) is 0 Å². The van der Waals surface area contributed by atoms with Crippen LogP contribution in [0.25, 0.3) is 0 Å². The minimum atomic E-state index is 0.105. The molecule has 0 fully saturated rings. The zero-order valence-corrected chi connectivity index (χ0v) is 10.3. The maximum absolute atomic E-state index is 5.71. The number of hydrogen-bond acceptors (Lipinski definition) is 6. The first-order chi connectivity index (χ1) is 7.65. The van der Waals surface area contributed by atoms with Gasteiger partial charge in [-0.2, -0.15) is 15.0 Å². The van der Waals surface area contributed by atoms with Crippen LogP contribution < -0.4 is 10.1 Å². The van der Waals surface area contributed by atoms with Crippen LogP contribution in [0.4, 0.5) is 5.95 Å². The SMILES string of the molecule is COCCC(C)Nc1nc(Cl)nc(OC)n1. The van der Waals surface area contributed by atoms with E-state index in [1.54, 1.807) is 7.11 Å². The fourth-order valence-corrected chi connectivity index (χ4v) is 1.23. The highest BCUT2D eigenvalue weighted by atomic mass is 35.5. The maximum atomic E-state index is 5.71. The molecule has 1 heterocycles. The molecule has 1 aromatic heterocycles. The summed E-state index contributed by atoms with van der Waals surface area (Å²) in [7, 11) is 3.14. The van der Waals surface area contributed by atoms with Gasteiger partial charge in [0.2, 0.25) is 11.2 Å². The van der Waals surface area contributed by atoms with Gasteiger partial charge in [0.1, 0.15) is 0 Å². The van der Waals surface area contributed by atoms with Crippen molar-refractivity contribution in [1.82, 2.24) is 15.0 Å². The normalized spacial score (nSPS) is 12.2. The summed E-state index contributed by atoms with van der Waals surface area (Å²) in [6, 6.07) is 0.379. The molecule has 0 aromatic carbocycles. The fraction of sp³-hybridized carbons (Fsp3) is 0.667. The third-order valence-electron chi connectivity index (χ3n) is 1.90. The molecule has 0 amide bonds. The lowest BCUT2D eigenvalue weighted by molar-refractivity contribution is 0.191. The van der Waals surface area contributed by atoms with Crippen molar-refractivity contribution in [3.05, 3.63) is 5.28 Å².